The van der Waals surface area contributed by atoms with Crippen LogP contribution >= 0.6 is 0 Å². The maximum atomic E-state index is 11.8. The second kappa shape index (κ2) is 7.93. The summed E-state index contributed by atoms with van der Waals surface area (Å²) < 4.78 is 10.7. The van der Waals surface area contributed by atoms with Crippen molar-refractivity contribution in [2.75, 3.05) is 25.6 Å². The van der Waals surface area contributed by atoms with Crippen molar-refractivity contribution in [1.82, 2.24) is 5.32 Å². The Labute approximate surface area is 130 Å². The number of carbonyl (C=O) groups excluding carboxylic acids is 1. The molecule has 5 nitrogen and oxygen atoms in total. The number of aryl methyl sites for hydroxylation is 1. The summed E-state index contributed by atoms with van der Waals surface area (Å²) in [4.78, 5) is 11.8. The highest BCUT2D eigenvalue weighted by Gasteiger charge is 2.03. The first-order valence-electron chi connectivity index (χ1n) is 7.06. The minimum Gasteiger partial charge on any atom is -0.497 e. The van der Waals surface area contributed by atoms with Gasteiger partial charge in [-0.3, -0.25) is 0 Å². The average Bonchev–Trinajstić information content (AvgIpc) is 2.53. The molecule has 0 aromatic heterocycles. The molecule has 2 aromatic rings. The van der Waals surface area contributed by atoms with Gasteiger partial charge in [0.15, 0.2) is 0 Å². The molecule has 0 spiro atoms. The summed E-state index contributed by atoms with van der Waals surface area (Å²) >= 11 is 0. The van der Waals surface area contributed by atoms with E-state index in [1.807, 2.05) is 43.3 Å². The molecule has 116 valence electrons. The number of benzene rings is 2. The highest BCUT2D eigenvalue weighted by atomic mass is 16.5. The van der Waals surface area contributed by atoms with E-state index in [4.69, 9.17) is 9.47 Å². The second-order valence-corrected chi connectivity index (χ2v) is 4.73. The van der Waals surface area contributed by atoms with Crippen LogP contribution in [0.2, 0.25) is 0 Å². The zero-order valence-electron chi connectivity index (χ0n) is 12.8. The van der Waals surface area contributed by atoms with E-state index in [1.165, 1.54) is 0 Å². The minimum absolute atomic E-state index is 0.276. The molecule has 0 radical (unpaired) electrons. The summed E-state index contributed by atoms with van der Waals surface area (Å²) in [6, 6.07) is 14.7. The third-order valence-corrected chi connectivity index (χ3v) is 3.07. The Morgan fingerprint density at radius 3 is 2.73 bits per heavy atom. The monoisotopic (exact) mass is 300 g/mol. The van der Waals surface area contributed by atoms with E-state index in [1.54, 1.807) is 19.2 Å². The van der Waals surface area contributed by atoms with Gasteiger partial charge in [-0.05, 0) is 30.7 Å². The number of carbonyl (C=O) groups is 1. The number of rotatable bonds is 6. The molecule has 0 bridgehead atoms. The SMILES string of the molecule is COc1cccc(NC(=O)NCCOc2ccccc2C)c1. The van der Waals surface area contributed by atoms with Gasteiger partial charge in [0.1, 0.15) is 18.1 Å². The lowest BCUT2D eigenvalue weighted by atomic mass is 10.2. The molecular weight excluding hydrogens is 280 g/mol. The Bertz CT molecular complexity index is 629. The van der Waals surface area contributed by atoms with Gasteiger partial charge in [-0.15, -0.1) is 0 Å². The van der Waals surface area contributed by atoms with E-state index in [9.17, 15) is 4.79 Å². The van der Waals surface area contributed by atoms with Crippen LogP contribution in [0.15, 0.2) is 48.5 Å². The number of hydrogen-bond donors (Lipinski definition) is 2. The molecule has 0 aliphatic heterocycles. The number of amides is 2. The molecule has 0 aliphatic carbocycles. The first kappa shape index (κ1) is 15.7. The predicted octanol–water partition coefficient (Wildman–Crippen LogP) is 3.20. The number of para-hydroxylation sites is 1. The Balaban J connectivity index is 1.73. The number of urea groups is 1. The lowest BCUT2D eigenvalue weighted by Crippen LogP contribution is -2.32. The summed E-state index contributed by atoms with van der Waals surface area (Å²) in [7, 11) is 1.59. The molecule has 0 saturated heterocycles. The second-order valence-electron chi connectivity index (χ2n) is 4.73. The van der Waals surface area contributed by atoms with Gasteiger partial charge in [-0.25, -0.2) is 4.79 Å². The molecule has 2 aromatic carbocycles. The third kappa shape index (κ3) is 4.70. The van der Waals surface area contributed by atoms with Crippen LogP contribution in [0, 0.1) is 6.92 Å². The van der Waals surface area contributed by atoms with Crippen LogP contribution in [0.1, 0.15) is 5.56 Å². The fourth-order valence-electron chi connectivity index (χ4n) is 1.92. The number of hydrogen-bond acceptors (Lipinski definition) is 3. The van der Waals surface area contributed by atoms with Crippen LogP contribution < -0.4 is 20.1 Å². The van der Waals surface area contributed by atoms with Crippen LogP contribution in [0.5, 0.6) is 11.5 Å². The van der Waals surface area contributed by atoms with E-state index >= 15 is 0 Å². The number of nitrogens with one attached hydrogen (secondary N) is 2. The Morgan fingerprint density at radius 1 is 1.14 bits per heavy atom. The largest absolute Gasteiger partial charge is 0.497 e. The van der Waals surface area contributed by atoms with Gasteiger partial charge in [0.2, 0.25) is 0 Å². The molecule has 0 heterocycles. The van der Waals surface area contributed by atoms with Gasteiger partial charge in [-0.2, -0.15) is 0 Å². The van der Waals surface area contributed by atoms with Crippen molar-refractivity contribution in [3.8, 4) is 11.5 Å². The van der Waals surface area contributed by atoms with Crippen LogP contribution in [0.25, 0.3) is 0 Å². The van der Waals surface area contributed by atoms with Crippen molar-refractivity contribution >= 4 is 11.7 Å². The lowest BCUT2D eigenvalue weighted by Gasteiger charge is -2.11. The van der Waals surface area contributed by atoms with Gasteiger partial charge in [-0.1, -0.05) is 24.3 Å². The fraction of sp³-hybridized carbons (Fsp3) is 0.235. The molecular formula is C17H20N2O3. The van der Waals surface area contributed by atoms with E-state index in [-0.39, 0.29) is 6.03 Å². The van der Waals surface area contributed by atoms with Gasteiger partial charge in [0.05, 0.1) is 13.7 Å². The third-order valence-electron chi connectivity index (χ3n) is 3.07. The fourth-order valence-corrected chi connectivity index (χ4v) is 1.92. The topological polar surface area (TPSA) is 59.6 Å². The molecule has 2 amide bonds. The highest BCUT2D eigenvalue weighted by Crippen LogP contribution is 2.17. The normalized spacial score (nSPS) is 9.91. The van der Waals surface area contributed by atoms with E-state index < -0.39 is 0 Å². The molecule has 2 rings (SSSR count). The Kier molecular flexibility index (Phi) is 5.65. The van der Waals surface area contributed by atoms with Gasteiger partial charge in [0, 0.05) is 11.8 Å². The number of methoxy groups -OCH3 is 1. The van der Waals surface area contributed by atoms with Crippen LogP contribution in [-0.2, 0) is 0 Å². The molecule has 22 heavy (non-hydrogen) atoms. The zero-order chi connectivity index (χ0) is 15.8. The molecule has 5 heteroatoms. The molecule has 0 aliphatic rings. The lowest BCUT2D eigenvalue weighted by molar-refractivity contribution is 0.247. The first-order valence-corrected chi connectivity index (χ1v) is 7.06. The Hall–Kier alpha value is -2.69. The van der Waals surface area contributed by atoms with Crippen molar-refractivity contribution < 1.29 is 14.3 Å². The van der Waals surface area contributed by atoms with Gasteiger partial charge >= 0.3 is 6.03 Å². The highest BCUT2D eigenvalue weighted by molar-refractivity contribution is 5.89. The average molecular weight is 300 g/mol. The molecule has 0 saturated carbocycles. The number of anilines is 1. The Morgan fingerprint density at radius 2 is 1.95 bits per heavy atom. The maximum absolute atomic E-state index is 11.8. The summed E-state index contributed by atoms with van der Waals surface area (Å²) in [6.07, 6.45) is 0. The smallest absolute Gasteiger partial charge is 0.319 e. The van der Waals surface area contributed by atoms with Crippen molar-refractivity contribution in [2.24, 2.45) is 0 Å². The van der Waals surface area contributed by atoms with Gasteiger partial charge < -0.3 is 20.1 Å². The van der Waals surface area contributed by atoms with Crippen molar-refractivity contribution in [2.45, 2.75) is 6.92 Å². The predicted molar refractivity (Wildman–Crippen MR) is 86.7 cm³/mol. The summed E-state index contributed by atoms with van der Waals surface area (Å²) in [5, 5.41) is 5.48. The maximum Gasteiger partial charge on any atom is 0.319 e. The number of ether oxygens (including phenoxy) is 2. The van der Waals surface area contributed by atoms with E-state index in [0.717, 1.165) is 11.3 Å². The van der Waals surface area contributed by atoms with E-state index in [0.29, 0.717) is 24.6 Å². The van der Waals surface area contributed by atoms with Gasteiger partial charge in [0.25, 0.3) is 0 Å². The molecule has 2 N–H and O–H groups in total. The van der Waals surface area contributed by atoms with Crippen molar-refractivity contribution in [3.05, 3.63) is 54.1 Å². The standard InChI is InChI=1S/C17H20N2O3/c1-13-6-3-4-9-16(13)22-11-10-18-17(20)19-14-7-5-8-15(12-14)21-2/h3-9,12H,10-11H2,1-2H3,(H2,18,19,20). The van der Waals surface area contributed by atoms with Crippen LogP contribution in [0.3, 0.4) is 0 Å². The van der Waals surface area contributed by atoms with E-state index in [2.05, 4.69) is 10.6 Å². The first-order chi connectivity index (χ1) is 10.7. The summed E-state index contributed by atoms with van der Waals surface area (Å²) in [5.74, 6) is 1.53. The molecule has 0 fully saturated rings. The summed E-state index contributed by atoms with van der Waals surface area (Å²) in [6.45, 7) is 2.82. The molecule has 0 atom stereocenters. The summed E-state index contributed by atoms with van der Waals surface area (Å²) in [5.41, 5.74) is 1.75. The van der Waals surface area contributed by atoms with Crippen molar-refractivity contribution in [1.29, 1.82) is 0 Å². The van der Waals surface area contributed by atoms with Crippen LogP contribution in [-0.4, -0.2) is 26.3 Å². The quantitative estimate of drug-likeness (QED) is 0.805. The minimum atomic E-state index is -0.276. The van der Waals surface area contributed by atoms with Crippen molar-refractivity contribution in [3.63, 3.8) is 0 Å². The van der Waals surface area contributed by atoms with Crippen LogP contribution in [0.4, 0.5) is 10.5 Å². The zero-order valence-corrected chi connectivity index (χ0v) is 12.8. The molecule has 0 unspecified atom stereocenters.